The molecule has 0 saturated carbocycles. The molecule has 0 atom stereocenters. The molecule has 0 spiro atoms. The third kappa shape index (κ3) is 5.72. The summed E-state index contributed by atoms with van der Waals surface area (Å²) in [6, 6.07) is 12.8. The van der Waals surface area contributed by atoms with Crippen molar-refractivity contribution in [3.05, 3.63) is 76.7 Å². The summed E-state index contributed by atoms with van der Waals surface area (Å²) < 4.78 is 15.9. The van der Waals surface area contributed by atoms with Crippen LogP contribution in [0.15, 0.2) is 53.1 Å². The van der Waals surface area contributed by atoms with Crippen LogP contribution in [0.1, 0.15) is 37.7 Å². The van der Waals surface area contributed by atoms with E-state index >= 15 is 0 Å². The summed E-state index contributed by atoms with van der Waals surface area (Å²) in [6.45, 7) is 3.48. The molecule has 1 heterocycles. The average molecular weight is 437 g/mol. The lowest BCUT2D eigenvalue weighted by Gasteiger charge is -2.09. The van der Waals surface area contributed by atoms with Gasteiger partial charge in [0, 0.05) is 18.3 Å². The Hall–Kier alpha value is -4.14. The van der Waals surface area contributed by atoms with E-state index < -0.39 is 18.5 Å². The number of carbonyl (C=O) groups excluding carboxylic acids is 3. The van der Waals surface area contributed by atoms with Gasteiger partial charge in [-0.25, -0.2) is 4.79 Å². The standard InChI is InChI=1S/C23H23N3O6/c1-14-20(15(2)32-26-14)12-30-19-9-7-16(8-10-19)23(29)31-13-21(27)25-18-6-4-5-17(11-18)22(28)24-3/h4-11H,12-13H2,1-3H3,(H,24,28)(H,25,27). The topological polar surface area (TPSA) is 120 Å². The van der Waals surface area contributed by atoms with Crippen LogP contribution in [0.5, 0.6) is 5.75 Å². The van der Waals surface area contributed by atoms with Gasteiger partial charge >= 0.3 is 5.97 Å². The molecule has 0 unspecified atom stereocenters. The van der Waals surface area contributed by atoms with Gasteiger partial charge in [0.1, 0.15) is 18.1 Å². The van der Waals surface area contributed by atoms with Crippen molar-refractivity contribution < 1.29 is 28.4 Å². The molecule has 32 heavy (non-hydrogen) atoms. The number of nitrogens with zero attached hydrogens (tertiary/aromatic N) is 1. The molecule has 2 N–H and O–H groups in total. The molecule has 0 aliphatic rings. The van der Waals surface area contributed by atoms with Crippen LogP contribution in [0.4, 0.5) is 5.69 Å². The molecule has 0 aliphatic heterocycles. The highest BCUT2D eigenvalue weighted by Crippen LogP contribution is 2.18. The second kappa shape index (κ2) is 10.3. The molecular formula is C23H23N3O6. The molecular weight excluding hydrogens is 414 g/mol. The predicted octanol–water partition coefficient (Wildman–Crippen LogP) is 3.03. The van der Waals surface area contributed by atoms with Crippen molar-refractivity contribution in [1.82, 2.24) is 10.5 Å². The summed E-state index contributed by atoms with van der Waals surface area (Å²) in [5.74, 6) is -0.174. The van der Waals surface area contributed by atoms with Crippen molar-refractivity contribution in [1.29, 1.82) is 0 Å². The zero-order chi connectivity index (χ0) is 23.1. The highest BCUT2D eigenvalue weighted by molar-refractivity contribution is 5.98. The Morgan fingerprint density at radius 1 is 1.03 bits per heavy atom. The van der Waals surface area contributed by atoms with E-state index in [0.29, 0.717) is 29.4 Å². The lowest BCUT2D eigenvalue weighted by atomic mass is 10.2. The van der Waals surface area contributed by atoms with Crippen molar-refractivity contribution in [3.8, 4) is 5.75 Å². The molecule has 3 aromatic rings. The molecule has 3 rings (SSSR count). The summed E-state index contributed by atoms with van der Waals surface area (Å²) in [4.78, 5) is 36.0. The molecule has 1 aromatic heterocycles. The van der Waals surface area contributed by atoms with Gasteiger partial charge in [-0.3, -0.25) is 9.59 Å². The van der Waals surface area contributed by atoms with Crippen molar-refractivity contribution in [3.63, 3.8) is 0 Å². The molecule has 0 aliphatic carbocycles. The molecule has 0 bridgehead atoms. The number of anilines is 1. The lowest BCUT2D eigenvalue weighted by molar-refractivity contribution is -0.119. The number of carbonyl (C=O) groups is 3. The Morgan fingerprint density at radius 2 is 1.78 bits per heavy atom. The average Bonchev–Trinajstić information content (AvgIpc) is 3.13. The third-order valence-electron chi connectivity index (χ3n) is 4.62. The van der Waals surface area contributed by atoms with Crippen molar-refractivity contribution >= 4 is 23.5 Å². The summed E-state index contributed by atoms with van der Waals surface area (Å²) >= 11 is 0. The monoisotopic (exact) mass is 437 g/mol. The second-order valence-corrected chi connectivity index (χ2v) is 6.90. The van der Waals surface area contributed by atoms with E-state index in [9.17, 15) is 14.4 Å². The maximum atomic E-state index is 12.2. The first-order chi connectivity index (χ1) is 15.4. The van der Waals surface area contributed by atoms with E-state index in [0.717, 1.165) is 11.3 Å². The summed E-state index contributed by atoms with van der Waals surface area (Å²) in [5.41, 5.74) is 2.75. The highest BCUT2D eigenvalue weighted by Gasteiger charge is 2.13. The molecule has 2 amide bonds. The maximum Gasteiger partial charge on any atom is 0.338 e. The molecule has 0 saturated heterocycles. The van der Waals surface area contributed by atoms with Crippen LogP contribution in [0.3, 0.4) is 0 Å². The van der Waals surface area contributed by atoms with Gasteiger partial charge in [0.15, 0.2) is 6.61 Å². The summed E-state index contributed by atoms with van der Waals surface area (Å²) in [5, 5.41) is 8.97. The number of rotatable bonds is 8. The van der Waals surface area contributed by atoms with Crippen LogP contribution in [-0.4, -0.2) is 36.6 Å². The van der Waals surface area contributed by atoms with E-state index in [2.05, 4.69) is 15.8 Å². The number of aryl methyl sites for hydroxylation is 2. The van der Waals surface area contributed by atoms with Crippen molar-refractivity contribution in [2.24, 2.45) is 0 Å². The Bertz CT molecular complexity index is 1100. The maximum absolute atomic E-state index is 12.2. The normalized spacial score (nSPS) is 10.3. The molecule has 0 radical (unpaired) electrons. The number of benzene rings is 2. The van der Waals surface area contributed by atoms with E-state index in [4.69, 9.17) is 14.0 Å². The number of ether oxygens (including phenoxy) is 2. The number of hydrogen-bond acceptors (Lipinski definition) is 7. The van der Waals surface area contributed by atoms with Crippen molar-refractivity contribution in [2.75, 3.05) is 19.0 Å². The predicted molar refractivity (Wildman–Crippen MR) is 115 cm³/mol. The van der Waals surface area contributed by atoms with Gasteiger partial charge in [-0.1, -0.05) is 11.2 Å². The molecule has 2 aromatic carbocycles. The van der Waals surface area contributed by atoms with Gasteiger partial charge in [0.05, 0.1) is 16.8 Å². The Kier molecular flexibility index (Phi) is 7.22. The van der Waals surface area contributed by atoms with E-state index in [1.165, 1.54) is 13.1 Å². The van der Waals surface area contributed by atoms with Crippen molar-refractivity contribution in [2.45, 2.75) is 20.5 Å². The number of hydrogen-bond donors (Lipinski definition) is 2. The number of esters is 1. The van der Waals surface area contributed by atoms with Crippen LogP contribution in [0.25, 0.3) is 0 Å². The molecule has 0 fully saturated rings. The zero-order valence-corrected chi connectivity index (χ0v) is 17.9. The smallest absolute Gasteiger partial charge is 0.338 e. The van der Waals surface area contributed by atoms with Crippen LogP contribution in [0.2, 0.25) is 0 Å². The Morgan fingerprint density at radius 3 is 2.44 bits per heavy atom. The minimum Gasteiger partial charge on any atom is -0.489 e. The van der Waals surface area contributed by atoms with Gasteiger partial charge < -0.3 is 24.6 Å². The lowest BCUT2D eigenvalue weighted by Crippen LogP contribution is -2.22. The Balaban J connectivity index is 1.49. The largest absolute Gasteiger partial charge is 0.489 e. The van der Waals surface area contributed by atoms with Gasteiger partial charge in [-0.15, -0.1) is 0 Å². The van der Waals surface area contributed by atoms with Crippen LogP contribution in [-0.2, 0) is 16.1 Å². The van der Waals surface area contributed by atoms with E-state index in [1.54, 1.807) is 42.5 Å². The fourth-order valence-electron chi connectivity index (χ4n) is 2.84. The van der Waals surface area contributed by atoms with E-state index in [-0.39, 0.29) is 11.5 Å². The number of amides is 2. The first kappa shape index (κ1) is 22.5. The minimum atomic E-state index is -0.642. The second-order valence-electron chi connectivity index (χ2n) is 6.90. The van der Waals surface area contributed by atoms with Gasteiger partial charge in [-0.2, -0.15) is 0 Å². The first-order valence-corrected chi connectivity index (χ1v) is 9.81. The summed E-state index contributed by atoms with van der Waals surface area (Å²) in [7, 11) is 1.52. The third-order valence-corrected chi connectivity index (χ3v) is 4.62. The first-order valence-electron chi connectivity index (χ1n) is 9.81. The minimum absolute atomic E-state index is 0.272. The van der Waals surface area contributed by atoms with Gasteiger partial charge in [0.25, 0.3) is 11.8 Å². The van der Waals surface area contributed by atoms with Gasteiger partial charge in [0.2, 0.25) is 0 Å². The fraction of sp³-hybridized carbons (Fsp3) is 0.217. The van der Waals surface area contributed by atoms with Gasteiger partial charge in [-0.05, 0) is 56.3 Å². The van der Waals surface area contributed by atoms with E-state index in [1.807, 2.05) is 13.8 Å². The zero-order valence-electron chi connectivity index (χ0n) is 17.9. The van der Waals surface area contributed by atoms with Crippen LogP contribution in [0, 0.1) is 13.8 Å². The molecule has 166 valence electrons. The molecule has 9 heteroatoms. The fourth-order valence-corrected chi connectivity index (χ4v) is 2.84. The quantitative estimate of drug-likeness (QED) is 0.520. The number of nitrogens with one attached hydrogen (secondary N) is 2. The summed E-state index contributed by atoms with van der Waals surface area (Å²) in [6.07, 6.45) is 0. The van der Waals surface area contributed by atoms with Crippen LogP contribution >= 0.6 is 0 Å². The highest BCUT2D eigenvalue weighted by atomic mass is 16.5. The number of aromatic nitrogens is 1. The van der Waals surface area contributed by atoms with Crippen LogP contribution < -0.4 is 15.4 Å². The SMILES string of the molecule is CNC(=O)c1cccc(NC(=O)COC(=O)c2ccc(OCc3c(C)noc3C)cc2)c1. The molecule has 9 nitrogen and oxygen atoms in total. The Labute approximate surface area is 184 Å².